The van der Waals surface area contributed by atoms with Crippen molar-refractivity contribution in [2.75, 3.05) is 46.1 Å². The molecule has 6 rings (SSSR count). The summed E-state index contributed by atoms with van der Waals surface area (Å²) in [7, 11) is 1.90. The minimum absolute atomic E-state index is 0.284. The molecule has 0 spiro atoms. The van der Waals surface area contributed by atoms with Gasteiger partial charge in [-0.3, -0.25) is 9.58 Å². The van der Waals surface area contributed by atoms with E-state index in [0.29, 0.717) is 37.3 Å². The fraction of sp³-hybridized carbons (Fsp3) is 0.389. The van der Waals surface area contributed by atoms with Crippen LogP contribution in [0.1, 0.15) is 53.3 Å². The maximum absolute atomic E-state index is 13.2. The minimum Gasteiger partial charge on any atom is -0.493 e. The number of carbonyl (C=O) groups is 1. The molecule has 2 aromatic heterocycles. The lowest BCUT2D eigenvalue weighted by atomic mass is 9.96. The highest BCUT2D eigenvalue weighted by atomic mass is 16.5. The van der Waals surface area contributed by atoms with Crippen molar-refractivity contribution >= 4 is 27.6 Å². The maximum Gasteiger partial charge on any atom is 0.355 e. The summed E-state index contributed by atoms with van der Waals surface area (Å²) < 4.78 is 19.0. The third-order valence-electron chi connectivity index (χ3n) is 8.77. The first-order valence-corrected chi connectivity index (χ1v) is 15.9. The summed E-state index contributed by atoms with van der Waals surface area (Å²) in [5.41, 5.74) is 5.59. The van der Waals surface area contributed by atoms with Gasteiger partial charge in [-0.15, -0.1) is 0 Å². The Balaban J connectivity index is 1.29. The molecule has 0 amide bonds. The normalized spacial score (nSPS) is 14.7. The molecule has 3 aromatic carbocycles. The summed E-state index contributed by atoms with van der Waals surface area (Å²) in [5.74, 6) is 0.477. The number of morpholine rings is 1. The topological polar surface area (TPSA) is 102 Å². The van der Waals surface area contributed by atoms with E-state index in [-0.39, 0.29) is 12.6 Å². The van der Waals surface area contributed by atoms with E-state index in [1.165, 1.54) is 0 Å². The number of aryl methyl sites for hydroxylation is 2. The van der Waals surface area contributed by atoms with Gasteiger partial charge in [0.1, 0.15) is 11.4 Å². The monoisotopic (exact) mass is 610 g/mol. The number of ether oxygens (including phenoxy) is 3. The van der Waals surface area contributed by atoms with Crippen molar-refractivity contribution in [1.82, 2.24) is 19.7 Å². The number of aromatic amines is 1. The van der Waals surface area contributed by atoms with E-state index in [2.05, 4.69) is 28.1 Å². The molecule has 1 fully saturated rings. The van der Waals surface area contributed by atoms with E-state index in [4.69, 9.17) is 19.3 Å². The Morgan fingerprint density at radius 3 is 2.64 bits per heavy atom. The van der Waals surface area contributed by atoms with Crippen LogP contribution in [0.2, 0.25) is 0 Å². The molecule has 45 heavy (non-hydrogen) atoms. The van der Waals surface area contributed by atoms with Gasteiger partial charge >= 0.3 is 5.97 Å². The number of benzene rings is 3. The lowest BCUT2D eigenvalue weighted by molar-refractivity contribution is 0.0297. The molecule has 0 aliphatic carbocycles. The van der Waals surface area contributed by atoms with Crippen LogP contribution in [-0.4, -0.2) is 76.8 Å². The third-order valence-corrected chi connectivity index (χ3v) is 8.77. The molecule has 3 heterocycles. The maximum atomic E-state index is 13.2. The second kappa shape index (κ2) is 13.9. The molecule has 9 heteroatoms. The molecule has 1 saturated heterocycles. The van der Waals surface area contributed by atoms with Crippen LogP contribution in [0.25, 0.3) is 32.8 Å². The second-order valence-electron chi connectivity index (χ2n) is 11.6. The predicted molar refractivity (Wildman–Crippen MR) is 176 cm³/mol. The van der Waals surface area contributed by atoms with E-state index in [9.17, 15) is 9.90 Å². The number of para-hydroxylation sites is 1. The van der Waals surface area contributed by atoms with E-state index in [1.807, 2.05) is 68.0 Å². The average Bonchev–Trinajstić information content (AvgIpc) is 3.59. The van der Waals surface area contributed by atoms with Gasteiger partial charge in [-0.1, -0.05) is 54.6 Å². The van der Waals surface area contributed by atoms with Gasteiger partial charge in [0.15, 0.2) is 0 Å². The number of aliphatic hydroxyl groups excluding tert-OH is 1. The van der Waals surface area contributed by atoms with Gasteiger partial charge in [-0.05, 0) is 50.1 Å². The number of rotatable bonds is 12. The highest BCUT2D eigenvalue weighted by molar-refractivity contribution is 6.04. The number of hydrogen-bond donors (Lipinski definition) is 2. The SMILES string of the molecule is CCOC(=O)c1[nH]c2c(-c3c([C@H](O)CCN4CCOCC4)nn(C)c3C)cccc2c1CCCOc1cccc2ccccc12. The van der Waals surface area contributed by atoms with Gasteiger partial charge in [0.05, 0.1) is 43.7 Å². The molecule has 1 aliphatic rings. The number of nitrogens with zero attached hydrogens (tertiary/aromatic N) is 3. The van der Waals surface area contributed by atoms with Gasteiger partial charge in [0.25, 0.3) is 0 Å². The van der Waals surface area contributed by atoms with Crippen molar-refractivity contribution in [3.8, 4) is 16.9 Å². The molecule has 0 unspecified atom stereocenters. The summed E-state index contributed by atoms with van der Waals surface area (Å²) >= 11 is 0. The van der Waals surface area contributed by atoms with Crippen molar-refractivity contribution in [1.29, 1.82) is 0 Å². The lowest BCUT2D eigenvalue weighted by Gasteiger charge is -2.27. The molecule has 9 nitrogen and oxygen atoms in total. The number of H-pyrrole nitrogens is 1. The Morgan fingerprint density at radius 1 is 1.07 bits per heavy atom. The number of hydrogen-bond acceptors (Lipinski definition) is 7. The molecule has 236 valence electrons. The van der Waals surface area contributed by atoms with Crippen LogP contribution >= 0.6 is 0 Å². The number of esters is 1. The summed E-state index contributed by atoms with van der Waals surface area (Å²) in [5, 5.41) is 19.3. The van der Waals surface area contributed by atoms with Crippen molar-refractivity contribution in [3.05, 3.63) is 83.3 Å². The van der Waals surface area contributed by atoms with Crippen LogP contribution in [-0.2, 0) is 22.9 Å². The number of nitrogens with one attached hydrogen (secondary N) is 1. The van der Waals surface area contributed by atoms with Crippen LogP contribution in [0.15, 0.2) is 60.7 Å². The predicted octanol–water partition coefficient (Wildman–Crippen LogP) is 5.97. The lowest BCUT2D eigenvalue weighted by Crippen LogP contribution is -2.37. The summed E-state index contributed by atoms with van der Waals surface area (Å²) in [6, 6.07) is 20.3. The smallest absolute Gasteiger partial charge is 0.355 e. The second-order valence-corrected chi connectivity index (χ2v) is 11.6. The Bertz CT molecular complexity index is 1780. The zero-order valence-electron chi connectivity index (χ0n) is 26.3. The first-order valence-electron chi connectivity index (χ1n) is 15.9. The van der Waals surface area contributed by atoms with Gasteiger partial charge in [0.2, 0.25) is 0 Å². The summed E-state index contributed by atoms with van der Waals surface area (Å²) in [6.07, 6.45) is 1.18. The van der Waals surface area contributed by atoms with Crippen LogP contribution < -0.4 is 4.74 Å². The van der Waals surface area contributed by atoms with Gasteiger partial charge < -0.3 is 24.3 Å². The van der Waals surface area contributed by atoms with Crippen molar-refractivity contribution in [3.63, 3.8) is 0 Å². The zero-order valence-corrected chi connectivity index (χ0v) is 26.3. The van der Waals surface area contributed by atoms with Crippen LogP contribution in [0, 0.1) is 6.92 Å². The summed E-state index contributed by atoms with van der Waals surface area (Å²) in [6.45, 7) is 8.57. The fourth-order valence-corrected chi connectivity index (χ4v) is 6.34. The van der Waals surface area contributed by atoms with Gasteiger partial charge in [-0.25, -0.2) is 4.79 Å². The van der Waals surface area contributed by atoms with Crippen LogP contribution in [0.4, 0.5) is 0 Å². The molecule has 2 N–H and O–H groups in total. The van der Waals surface area contributed by atoms with E-state index in [1.54, 1.807) is 0 Å². The Hall–Kier alpha value is -4.18. The molecule has 1 aliphatic heterocycles. The average molecular weight is 611 g/mol. The number of aromatic nitrogens is 3. The van der Waals surface area contributed by atoms with Crippen molar-refractivity contribution in [2.45, 2.75) is 39.2 Å². The van der Waals surface area contributed by atoms with E-state index in [0.717, 1.165) is 82.7 Å². The van der Waals surface area contributed by atoms with Gasteiger partial charge in [-0.2, -0.15) is 5.10 Å². The number of aliphatic hydroxyl groups is 1. The molecule has 5 aromatic rings. The number of fused-ring (bicyclic) bond motifs is 2. The fourth-order valence-electron chi connectivity index (χ4n) is 6.34. The minimum atomic E-state index is -0.733. The Morgan fingerprint density at radius 2 is 1.82 bits per heavy atom. The molecular weight excluding hydrogens is 568 g/mol. The third kappa shape index (κ3) is 6.47. The van der Waals surface area contributed by atoms with Crippen LogP contribution in [0.3, 0.4) is 0 Å². The first kappa shape index (κ1) is 30.8. The highest BCUT2D eigenvalue weighted by Gasteiger charge is 2.26. The number of carbonyl (C=O) groups excluding carboxylic acids is 1. The van der Waals surface area contributed by atoms with Crippen molar-refractivity contribution < 1.29 is 24.1 Å². The molecule has 1 atom stereocenters. The molecular formula is C36H42N4O5. The standard InChI is InChI=1S/C36H42N4O5/c1-4-44-36(42)34-28(15-9-21-45-31-16-7-11-25-10-5-6-12-26(25)31)27-13-8-14-29(33(27)37-34)32-24(2)39(3)38-35(32)30(41)17-18-40-19-22-43-23-20-40/h5-8,10-14,16,30,37,41H,4,9,15,17-23H2,1-3H3/t30-/m1/s1. The van der Waals surface area contributed by atoms with Crippen LogP contribution in [0.5, 0.6) is 5.75 Å². The molecule has 0 saturated carbocycles. The Kier molecular flexibility index (Phi) is 9.49. The highest BCUT2D eigenvalue weighted by Crippen LogP contribution is 2.38. The first-order chi connectivity index (χ1) is 22.0. The largest absolute Gasteiger partial charge is 0.493 e. The van der Waals surface area contributed by atoms with E-state index < -0.39 is 6.10 Å². The van der Waals surface area contributed by atoms with Gasteiger partial charge in [0, 0.05) is 54.3 Å². The zero-order chi connectivity index (χ0) is 31.3. The Labute approximate surface area is 263 Å². The van der Waals surface area contributed by atoms with E-state index >= 15 is 0 Å². The molecule has 0 bridgehead atoms. The summed E-state index contributed by atoms with van der Waals surface area (Å²) in [4.78, 5) is 19.0. The van der Waals surface area contributed by atoms with Crippen molar-refractivity contribution in [2.24, 2.45) is 7.05 Å². The molecule has 0 radical (unpaired) electrons. The quantitative estimate of drug-likeness (QED) is 0.133.